The Hall–Kier alpha value is -3.70. The van der Waals surface area contributed by atoms with E-state index in [0.717, 1.165) is 55.1 Å². The van der Waals surface area contributed by atoms with Gasteiger partial charge < -0.3 is 16.0 Å². The Labute approximate surface area is 221 Å². The minimum Gasteiger partial charge on any atom is -0.387 e. The molecule has 2 aromatic heterocycles. The highest BCUT2D eigenvalue weighted by atomic mass is 32.1. The van der Waals surface area contributed by atoms with Crippen LogP contribution in [0.15, 0.2) is 42.0 Å². The van der Waals surface area contributed by atoms with Gasteiger partial charge in [0.15, 0.2) is 5.13 Å². The van der Waals surface area contributed by atoms with Gasteiger partial charge in [-0.1, -0.05) is 31.7 Å². The maximum atomic E-state index is 11.9. The van der Waals surface area contributed by atoms with E-state index in [1.807, 2.05) is 42.0 Å². The van der Waals surface area contributed by atoms with Crippen molar-refractivity contribution in [1.29, 1.82) is 5.41 Å². The molecule has 10 nitrogen and oxygen atoms in total. The van der Waals surface area contributed by atoms with Gasteiger partial charge in [0.2, 0.25) is 11.9 Å². The van der Waals surface area contributed by atoms with Crippen molar-refractivity contribution < 1.29 is 9.59 Å². The first-order valence-corrected chi connectivity index (χ1v) is 12.7. The Kier molecular flexibility index (Phi) is 9.81. The van der Waals surface area contributed by atoms with E-state index in [4.69, 9.17) is 11.1 Å². The van der Waals surface area contributed by atoms with E-state index in [1.54, 1.807) is 0 Å². The van der Waals surface area contributed by atoms with Gasteiger partial charge in [-0.3, -0.25) is 19.9 Å². The number of piperazine rings is 1. The van der Waals surface area contributed by atoms with E-state index in [9.17, 15) is 9.59 Å². The Morgan fingerprint density at radius 3 is 2.54 bits per heavy atom. The first-order valence-electron chi connectivity index (χ1n) is 11.8. The maximum Gasteiger partial charge on any atom is 0.225 e. The lowest BCUT2D eigenvalue weighted by Crippen LogP contribution is -2.46. The Bertz CT molecular complexity index is 1220. The zero-order chi connectivity index (χ0) is 25.5. The van der Waals surface area contributed by atoms with Crippen molar-refractivity contribution in [2.75, 3.05) is 36.4 Å². The number of ketones is 1. The van der Waals surface area contributed by atoms with Crippen molar-refractivity contribution in [3.8, 4) is 11.1 Å². The SMILES string of the molecule is C.CC(=O)Nc1nc(CN2CCN(c3ncc(-c4cccc(CCC(=O)CC(=N)N)c4)cn3)CC2)cs1. The number of benzene rings is 1. The van der Waals surface area contributed by atoms with Gasteiger partial charge in [0.1, 0.15) is 5.78 Å². The second-order valence-electron chi connectivity index (χ2n) is 8.80. The molecule has 0 bridgehead atoms. The van der Waals surface area contributed by atoms with E-state index in [-0.39, 0.29) is 31.4 Å². The average Bonchev–Trinajstić information content (AvgIpc) is 3.29. The second-order valence-corrected chi connectivity index (χ2v) is 9.66. The minimum atomic E-state index is -0.110. The molecule has 0 spiro atoms. The third kappa shape index (κ3) is 8.16. The monoisotopic (exact) mass is 522 g/mol. The number of carbonyl (C=O) groups is 2. The summed E-state index contributed by atoms with van der Waals surface area (Å²) in [7, 11) is 0. The highest BCUT2D eigenvalue weighted by Crippen LogP contribution is 2.22. The van der Waals surface area contributed by atoms with Crippen LogP contribution in [0, 0.1) is 5.41 Å². The summed E-state index contributed by atoms with van der Waals surface area (Å²) in [4.78, 5) is 41.2. The van der Waals surface area contributed by atoms with E-state index < -0.39 is 0 Å². The summed E-state index contributed by atoms with van der Waals surface area (Å²) in [6.45, 7) is 5.64. The number of carbonyl (C=O) groups excluding carboxylic acids is 2. The fourth-order valence-electron chi connectivity index (χ4n) is 4.05. The summed E-state index contributed by atoms with van der Waals surface area (Å²) in [6, 6.07) is 8.02. The van der Waals surface area contributed by atoms with Crippen molar-refractivity contribution >= 4 is 39.9 Å². The predicted molar refractivity (Wildman–Crippen MR) is 148 cm³/mol. The second kappa shape index (κ2) is 13.0. The van der Waals surface area contributed by atoms with Gasteiger partial charge in [-0.05, 0) is 17.5 Å². The van der Waals surface area contributed by atoms with Gasteiger partial charge in [0.25, 0.3) is 0 Å². The van der Waals surface area contributed by atoms with Crippen molar-refractivity contribution in [2.24, 2.45) is 5.73 Å². The van der Waals surface area contributed by atoms with Gasteiger partial charge in [-0.2, -0.15) is 0 Å². The Balaban J connectivity index is 0.00000380. The zero-order valence-electron chi connectivity index (χ0n) is 20.2. The number of nitrogens with one attached hydrogen (secondary N) is 2. The summed E-state index contributed by atoms with van der Waals surface area (Å²) in [5, 5.41) is 12.6. The van der Waals surface area contributed by atoms with Gasteiger partial charge in [0, 0.05) is 69.4 Å². The average molecular weight is 523 g/mol. The topological polar surface area (TPSA) is 141 Å². The maximum absolute atomic E-state index is 11.9. The highest BCUT2D eigenvalue weighted by molar-refractivity contribution is 7.13. The van der Waals surface area contributed by atoms with Gasteiger partial charge in [0.05, 0.1) is 18.0 Å². The van der Waals surface area contributed by atoms with E-state index >= 15 is 0 Å². The predicted octanol–water partition coefficient (Wildman–Crippen LogP) is 3.34. The molecule has 0 radical (unpaired) electrons. The van der Waals surface area contributed by atoms with Gasteiger partial charge in [-0.15, -0.1) is 11.3 Å². The number of hydrogen-bond donors (Lipinski definition) is 3. The summed E-state index contributed by atoms with van der Waals surface area (Å²) in [6.07, 6.45) is 4.66. The van der Waals surface area contributed by atoms with Crippen LogP contribution in [-0.4, -0.2) is 63.6 Å². The molecular weight excluding hydrogens is 488 g/mol. The zero-order valence-corrected chi connectivity index (χ0v) is 21.1. The molecule has 1 aliphatic rings. The number of aromatic nitrogens is 3. The molecule has 37 heavy (non-hydrogen) atoms. The molecular formula is C26H34N8O2S. The molecule has 1 fully saturated rings. The Morgan fingerprint density at radius 2 is 1.86 bits per heavy atom. The van der Waals surface area contributed by atoms with Crippen molar-refractivity contribution in [3.05, 3.63) is 53.3 Å². The molecule has 4 rings (SSSR count). The lowest BCUT2D eigenvalue weighted by atomic mass is 10.0. The van der Waals surface area contributed by atoms with E-state index in [1.165, 1.54) is 18.3 Å². The number of aryl methyl sites for hydroxylation is 1. The van der Waals surface area contributed by atoms with Gasteiger partial charge >= 0.3 is 0 Å². The van der Waals surface area contributed by atoms with Crippen LogP contribution < -0.4 is 16.0 Å². The fourth-order valence-corrected chi connectivity index (χ4v) is 4.79. The summed E-state index contributed by atoms with van der Waals surface area (Å²) < 4.78 is 0. The Morgan fingerprint density at radius 1 is 1.14 bits per heavy atom. The third-order valence-electron chi connectivity index (χ3n) is 5.85. The van der Waals surface area contributed by atoms with Crippen LogP contribution in [0.1, 0.15) is 38.4 Å². The lowest BCUT2D eigenvalue weighted by molar-refractivity contribution is -0.118. The molecule has 3 heterocycles. The third-order valence-corrected chi connectivity index (χ3v) is 6.66. The lowest BCUT2D eigenvalue weighted by Gasteiger charge is -2.34. The van der Waals surface area contributed by atoms with Crippen LogP contribution in [-0.2, 0) is 22.6 Å². The molecule has 0 atom stereocenters. The van der Waals surface area contributed by atoms with Crippen molar-refractivity contribution in [1.82, 2.24) is 19.9 Å². The number of hydrogen-bond acceptors (Lipinski definition) is 9. The molecule has 11 heteroatoms. The fraction of sp³-hybridized carbons (Fsp3) is 0.385. The first kappa shape index (κ1) is 27.9. The highest BCUT2D eigenvalue weighted by Gasteiger charge is 2.20. The molecule has 1 aromatic carbocycles. The van der Waals surface area contributed by atoms with E-state index in [2.05, 4.69) is 30.1 Å². The molecule has 1 amide bonds. The number of amides is 1. The number of nitrogens with two attached hydrogens (primary N) is 1. The van der Waals surface area contributed by atoms with Crippen LogP contribution in [0.25, 0.3) is 11.1 Å². The summed E-state index contributed by atoms with van der Waals surface area (Å²) in [5.74, 6) is 0.484. The summed E-state index contributed by atoms with van der Waals surface area (Å²) in [5.41, 5.74) is 9.25. The molecule has 3 aromatic rings. The molecule has 0 unspecified atom stereocenters. The summed E-state index contributed by atoms with van der Waals surface area (Å²) >= 11 is 1.44. The van der Waals surface area contributed by atoms with Crippen LogP contribution in [0.2, 0.25) is 0 Å². The van der Waals surface area contributed by atoms with Gasteiger partial charge in [-0.25, -0.2) is 15.0 Å². The van der Waals surface area contributed by atoms with E-state index in [0.29, 0.717) is 23.9 Å². The van der Waals surface area contributed by atoms with Crippen molar-refractivity contribution in [3.63, 3.8) is 0 Å². The molecule has 1 saturated heterocycles. The molecule has 0 saturated carbocycles. The largest absolute Gasteiger partial charge is 0.387 e. The number of amidine groups is 1. The molecule has 1 aliphatic heterocycles. The quantitative estimate of drug-likeness (QED) is 0.272. The molecule has 4 N–H and O–H groups in total. The number of Topliss-reactive ketones (excluding diaryl/α,β-unsaturated/α-hetero) is 1. The molecule has 0 aliphatic carbocycles. The number of nitrogens with zero attached hydrogens (tertiary/aromatic N) is 5. The standard InChI is InChI=1S/C25H30N8O2S.CH4/c1-17(34)30-25-31-21(16-36-25)15-32-7-9-33(10-8-32)24-28-13-20(14-29-24)19-4-2-3-18(11-19)5-6-22(35)12-23(26)27;/h2-4,11,13-14,16H,5-10,12,15H2,1H3,(H3,26,27)(H,30,31,34);1H4. The van der Waals surface area contributed by atoms with Crippen molar-refractivity contribution in [2.45, 2.75) is 40.2 Å². The first-order chi connectivity index (χ1) is 17.4. The number of rotatable bonds is 10. The number of anilines is 2. The van der Waals surface area contributed by atoms with Crippen LogP contribution in [0.4, 0.5) is 11.1 Å². The smallest absolute Gasteiger partial charge is 0.225 e. The number of thiazole rings is 1. The molecule has 196 valence electrons. The minimum absolute atomic E-state index is 0. The van der Waals surface area contributed by atoms with Crippen LogP contribution in [0.5, 0.6) is 0 Å². The van der Waals surface area contributed by atoms with Crippen LogP contribution >= 0.6 is 11.3 Å². The van der Waals surface area contributed by atoms with Crippen LogP contribution in [0.3, 0.4) is 0 Å². The normalized spacial score (nSPS) is 13.6.